The van der Waals surface area contributed by atoms with Gasteiger partial charge in [0.05, 0.1) is 5.60 Å². The van der Waals surface area contributed by atoms with Crippen LogP contribution in [0.15, 0.2) is 0 Å². The Morgan fingerprint density at radius 3 is 2.67 bits per heavy atom. The van der Waals surface area contributed by atoms with Crippen LogP contribution >= 0.6 is 0 Å². The molecule has 1 saturated heterocycles. The molecule has 1 heterocycles. The third-order valence-corrected chi connectivity index (χ3v) is 2.41. The first-order chi connectivity index (χ1) is 5.77. The zero-order valence-electron chi connectivity index (χ0n) is 7.71. The van der Waals surface area contributed by atoms with Gasteiger partial charge in [0.25, 0.3) is 0 Å². The topological polar surface area (TPSA) is 38.7 Å². The summed E-state index contributed by atoms with van der Waals surface area (Å²) in [6, 6.07) is 0. The largest absolute Gasteiger partial charge is 0.390 e. The first kappa shape index (κ1) is 9.96. The SMILES string of the molecule is COCCCC1(O)CCOCC1. The second-order valence-corrected chi connectivity index (χ2v) is 3.43. The number of rotatable bonds is 4. The van der Waals surface area contributed by atoms with E-state index < -0.39 is 5.60 Å². The van der Waals surface area contributed by atoms with Crippen LogP contribution in [0.3, 0.4) is 0 Å². The third kappa shape index (κ3) is 3.09. The van der Waals surface area contributed by atoms with E-state index >= 15 is 0 Å². The molecule has 1 N–H and O–H groups in total. The molecule has 0 radical (unpaired) electrons. The lowest BCUT2D eigenvalue weighted by Gasteiger charge is -2.31. The van der Waals surface area contributed by atoms with Gasteiger partial charge < -0.3 is 14.6 Å². The molecule has 0 aromatic heterocycles. The lowest BCUT2D eigenvalue weighted by molar-refractivity contribution is -0.0709. The molecule has 3 nitrogen and oxygen atoms in total. The molecule has 0 amide bonds. The van der Waals surface area contributed by atoms with Gasteiger partial charge in [-0.25, -0.2) is 0 Å². The standard InChI is InChI=1S/C9H18O3/c1-11-6-2-3-9(10)4-7-12-8-5-9/h10H,2-8H2,1H3. The van der Waals surface area contributed by atoms with Crippen LogP contribution < -0.4 is 0 Å². The summed E-state index contributed by atoms with van der Waals surface area (Å²) in [6.45, 7) is 2.14. The Bertz CT molecular complexity index is 119. The van der Waals surface area contributed by atoms with Gasteiger partial charge in [0.2, 0.25) is 0 Å². The molecular formula is C9H18O3. The quantitative estimate of drug-likeness (QED) is 0.645. The minimum atomic E-state index is -0.475. The predicted molar refractivity (Wildman–Crippen MR) is 46.1 cm³/mol. The lowest BCUT2D eigenvalue weighted by Crippen LogP contribution is -2.36. The fraction of sp³-hybridized carbons (Fsp3) is 1.00. The monoisotopic (exact) mass is 174 g/mol. The van der Waals surface area contributed by atoms with Gasteiger partial charge in [-0.15, -0.1) is 0 Å². The molecule has 3 heteroatoms. The van der Waals surface area contributed by atoms with E-state index in [1.807, 2.05) is 0 Å². The highest BCUT2D eigenvalue weighted by atomic mass is 16.5. The second kappa shape index (κ2) is 4.80. The summed E-state index contributed by atoms with van der Waals surface area (Å²) in [6.07, 6.45) is 3.32. The van der Waals surface area contributed by atoms with E-state index in [4.69, 9.17) is 9.47 Å². The van der Waals surface area contributed by atoms with Crippen LogP contribution in [0, 0.1) is 0 Å². The molecule has 0 unspecified atom stereocenters. The van der Waals surface area contributed by atoms with Crippen LogP contribution in [-0.4, -0.2) is 37.6 Å². The number of hydrogen-bond donors (Lipinski definition) is 1. The molecule has 1 rings (SSSR count). The average molecular weight is 174 g/mol. The highest BCUT2D eigenvalue weighted by molar-refractivity contribution is 4.80. The average Bonchev–Trinajstić information content (AvgIpc) is 2.06. The summed E-state index contributed by atoms with van der Waals surface area (Å²) < 4.78 is 10.1. The molecule has 0 bridgehead atoms. The van der Waals surface area contributed by atoms with E-state index in [1.54, 1.807) is 7.11 Å². The zero-order chi connectivity index (χ0) is 8.86. The van der Waals surface area contributed by atoms with Gasteiger partial charge in [-0.3, -0.25) is 0 Å². The summed E-state index contributed by atoms with van der Waals surface area (Å²) in [7, 11) is 1.69. The van der Waals surface area contributed by atoms with Gasteiger partial charge in [0, 0.05) is 26.9 Å². The molecule has 1 fully saturated rings. The molecule has 0 aromatic carbocycles. The van der Waals surface area contributed by atoms with Crippen LogP contribution in [-0.2, 0) is 9.47 Å². The summed E-state index contributed by atoms with van der Waals surface area (Å²) in [4.78, 5) is 0. The Morgan fingerprint density at radius 1 is 1.42 bits per heavy atom. The number of methoxy groups -OCH3 is 1. The molecule has 0 spiro atoms. The maximum Gasteiger partial charge on any atom is 0.0692 e. The molecule has 0 aliphatic carbocycles. The van der Waals surface area contributed by atoms with E-state index in [1.165, 1.54) is 0 Å². The van der Waals surface area contributed by atoms with Crippen LogP contribution in [0.5, 0.6) is 0 Å². The molecule has 0 atom stereocenters. The number of ether oxygens (including phenoxy) is 2. The molecule has 0 aromatic rings. The van der Waals surface area contributed by atoms with Crippen molar-refractivity contribution in [2.75, 3.05) is 26.9 Å². The summed E-state index contributed by atoms with van der Waals surface area (Å²) in [5.74, 6) is 0. The van der Waals surface area contributed by atoms with Crippen molar-refractivity contribution in [1.82, 2.24) is 0 Å². The summed E-state index contributed by atoms with van der Waals surface area (Å²) >= 11 is 0. The third-order valence-electron chi connectivity index (χ3n) is 2.41. The van der Waals surface area contributed by atoms with Crippen molar-refractivity contribution in [3.8, 4) is 0 Å². The Hall–Kier alpha value is -0.120. The van der Waals surface area contributed by atoms with Gasteiger partial charge in [0.1, 0.15) is 0 Å². The molecule has 1 aliphatic heterocycles. The Kier molecular flexibility index (Phi) is 3.98. The second-order valence-electron chi connectivity index (χ2n) is 3.43. The molecule has 72 valence electrons. The van der Waals surface area contributed by atoms with Crippen LogP contribution in [0.2, 0.25) is 0 Å². The van der Waals surface area contributed by atoms with Gasteiger partial charge in [-0.05, 0) is 25.7 Å². The van der Waals surface area contributed by atoms with Crippen LogP contribution in [0.25, 0.3) is 0 Å². The Balaban J connectivity index is 2.17. The van der Waals surface area contributed by atoms with Gasteiger partial charge >= 0.3 is 0 Å². The smallest absolute Gasteiger partial charge is 0.0692 e. The van der Waals surface area contributed by atoms with Gasteiger partial charge in [-0.1, -0.05) is 0 Å². The van der Waals surface area contributed by atoms with Crippen molar-refractivity contribution >= 4 is 0 Å². The first-order valence-electron chi connectivity index (χ1n) is 4.56. The molecule has 1 aliphatic rings. The number of hydrogen-bond acceptors (Lipinski definition) is 3. The van der Waals surface area contributed by atoms with E-state index in [-0.39, 0.29) is 0 Å². The highest BCUT2D eigenvalue weighted by Crippen LogP contribution is 2.25. The van der Waals surface area contributed by atoms with Crippen LogP contribution in [0.4, 0.5) is 0 Å². The minimum Gasteiger partial charge on any atom is -0.390 e. The van der Waals surface area contributed by atoms with Crippen LogP contribution in [0.1, 0.15) is 25.7 Å². The zero-order valence-corrected chi connectivity index (χ0v) is 7.71. The summed E-state index contributed by atoms with van der Waals surface area (Å²) in [5.41, 5.74) is -0.475. The fourth-order valence-electron chi connectivity index (χ4n) is 1.55. The van der Waals surface area contributed by atoms with E-state index in [2.05, 4.69) is 0 Å². The fourth-order valence-corrected chi connectivity index (χ4v) is 1.55. The molecule has 0 saturated carbocycles. The maximum absolute atomic E-state index is 9.96. The normalized spacial score (nSPS) is 22.5. The van der Waals surface area contributed by atoms with Gasteiger partial charge in [-0.2, -0.15) is 0 Å². The van der Waals surface area contributed by atoms with Crippen molar-refractivity contribution in [1.29, 1.82) is 0 Å². The molecule has 12 heavy (non-hydrogen) atoms. The van der Waals surface area contributed by atoms with Gasteiger partial charge in [0.15, 0.2) is 0 Å². The van der Waals surface area contributed by atoms with Crippen molar-refractivity contribution in [3.63, 3.8) is 0 Å². The molecular weight excluding hydrogens is 156 g/mol. The van der Waals surface area contributed by atoms with Crippen molar-refractivity contribution < 1.29 is 14.6 Å². The summed E-state index contributed by atoms with van der Waals surface area (Å²) in [5, 5.41) is 9.96. The maximum atomic E-state index is 9.96. The van der Waals surface area contributed by atoms with E-state index in [0.29, 0.717) is 13.2 Å². The van der Waals surface area contributed by atoms with E-state index in [9.17, 15) is 5.11 Å². The van der Waals surface area contributed by atoms with E-state index in [0.717, 1.165) is 32.3 Å². The minimum absolute atomic E-state index is 0.475. The number of aliphatic hydroxyl groups is 1. The van der Waals surface area contributed by atoms with Crippen molar-refractivity contribution in [2.24, 2.45) is 0 Å². The predicted octanol–water partition coefficient (Wildman–Crippen LogP) is 0.955. The van der Waals surface area contributed by atoms with Crippen molar-refractivity contribution in [2.45, 2.75) is 31.3 Å². The lowest BCUT2D eigenvalue weighted by atomic mass is 9.90. The van der Waals surface area contributed by atoms with Crippen molar-refractivity contribution in [3.05, 3.63) is 0 Å². The first-order valence-corrected chi connectivity index (χ1v) is 4.56. The Morgan fingerprint density at radius 2 is 2.08 bits per heavy atom. The Labute approximate surface area is 73.7 Å². The highest BCUT2D eigenvalue weighted by Gasteiger charge is 2.28.